The Balaban J connectivity index is 1.62. The van der Waals surface area contributed by atoms with Crippen LogP contribution in [0.15, 0.2) is 71.8 Å². The van der Waals surface area contributed by atoms with E-state index in [-0.39, 0.29) is 17.3 Å². The Morgan fingerprint density at radius 2 is 1.70 bits per heavy atom. The lowest BCUT2D eigenvalue weighted by molar-refractivity contribution is 0.0950. The number of pyridine rings is 1. The number of nitrogens with zero attached hydrogens (tertiary/aromatic N) is 1. The van der Waals surface area contributed by atoms with Gasteiger partial charge in [0.15, 0.2) is 0 Å². The van der Waals surface area contributed by atoms with Gasteiger partial charge in [-0.05, 0) is 67.9 Å². The molecule has 9 heteroatoms. The van der Waals surface area contributed by atoms with Crippen molar-refractivity contribution in [2.75, 3.05) is 17.9 Å². The van der Waals surface area contributed by atoms with Gasteiger partial charge in [-0.3, -0.25) is 9.52 Å². The molecule has 2 N–H and O–H groups in total. The Morgan fingerprint density at radius 3 is 2.36 bits per heavy atom. The lowest BCUT2D eigenvalue weighted by Gasteiger charge is -2.11. The second kappa shape index (κ2) is 11.3. The number of ether oxygens (including phenoxy) is 2. The Hall–Kier alpha value is -3.59. The topological polar surface area (TPSA) is 107 Å². The van der Waals surface area contributed by atoms with Crippen LogP contribution in [-0.4, -0.2) is 32.5 Å². The lowest BCUT2D eigenvalue weighted by atomic mass is 10.2. The quantitative estimate of drug-likeness (QED) is 0.440. The molecule has 174 valence electrons. The molecule has 1 aromatic heterocycles. The van der Waals surface area contributed by atoms with E-state index in [0.29, 0.717) is 36.1 Å². The maximum Gasteiger partial charge on any atom is 0.261 e. The largest absolute Gasteiger partial charge is 0.494 e. The number of sulfonamides is 1. The Bertz CT molecular complexity index is 1160. The molecule has 0 spiro atoms. The van der Waals surface area contributed by atoms with E-state index in [1.54, 1.807) is 36.5 Å². The number of nitrogens with one attached hydrogen (secondary N) is 2. The van der Waals surface area contributed by atoms with Gasteiger partial charge < -0.3 is 14.8 Å². The first-order chi connectivity index (χ1) is 15.9. The van der Waals surface area contributed by atoms with Crippen LogP contribution >= 0.6 is 0 Å². The third kappa shape index (κ3) is 6.69. The zero-order valence-corrected chi connectivity index (χ0v) is 19.4. The Labute approximate surface area is 194 Å². The Morgan fingerprint density at radius 1 is 0.970 bits per heavy atom. The number of benzene rings is 2. The van der Waals surface area contributed by atoms with Crippen molar-refractivity contribution in [1.29, 1.82) is 0 Å². The molecule has 0 bridgehead atoms. The normalized spacial score (nSPS) is 11.0. The average Bonchev–Trinajstić information content (AvgIpc) is 2.83. The van der Waals surface area contributed by atoms with Gasteiger partial charge >= 0.3 is 0 Å². The molecule has 0 radical (unpaired) electrons. The molecule has 3 aromatic rings. The first-order valence-corrected chi connectivity index (χ1v) is 12.1. The van der Waals surface area contributed by atoms with Gasteiger partial charge in [-0.25, -0.2) is 13.4 Å². The minimum Gasteiger partial charge on any atom is -0.494 e. The van der Waals surface area contributed by atoms with Gasteiger partial charge in [0.05, 0.1) is 18.1 Å². The van der Waals surface area contributed by atoms with Crippen LogP contribution in [0.5, 0.6) is 11.6 Å². The Kier molecular flexibility index (Phi) is 8.26. The molecule has 0 unspecified atom stereocenters. The number of aromatic nitrogens is 1. The summed E-state index contributed by atoms with van der Waals surface area (Å²) in [7, 11) is -3.80. The number of rotatable bonds is 11. The fourth-order valence-corrected chi connectivity index (χ4v) is 4.01. The second-order valence-electron chi connectivity index (χ2n) is 7.09. The predicted molar refractivity (Wildman–Crippen MR) is 126 cm³/mol. The molecule has 0 saturated heterocycles. The van der Waals surface area contributed by atoms with Gasteiger partial charge in [-0.15, -0.1) is 0 Å². The molecule has 8 nitrogen and oxygen atoms in total. The average molecular weight is 470 g/mol. The van der Waals surface area contributed by atoms with Gasteiger partial charge in [0.1, 0.15) is 5.75 Å². The maximum absolute atomic E-state index is 12.7. The lowest BCUT2D eigenvalue weighted by Crippen LogP contribution is -2.23. The maximum atomic E-state index is 12.7. The molecule has 33 heavy (non-hydrogen) atoms. The van der Waals surface area contributed by atoms with E-state index in [2.05, 4.69) is 15.0 Å². The first-order valence-electron chi connectivity index (χ1n) is 10.6. The zero-order chi connectivity index (χ0) is 23.7. The summed E-state index contributed by atoms with van der Waals surface area (Å²) in [6.07, 6.45) is 2.49. The van der Waals surface area contributed by atoms with Crippen molar-refractivity contribution in [3.8, 4) is 11.6 Å². The van der Waals surface area contributed by atoms with Crippen molar-refractivity contribution in [2.45, 2.75) is 31.7 Å². The highest BCUT2D eigenvalue weighted by atomic mass is 32.2. The molecule has 0 aliphatic heterocycles. The number of amides is 1. The zero-order valence-electron chi connectivity index (χ0n) is 18.6. The number of hydrogen-bond acceptors (Lipinski definition) is 6. The van der Waals surface area contributed by atoms with E-state index in [4.69, 9.17) is 9.47 Å². The fraction of sp³-hybridized carbons (Fsp3) is 0.250. The summed E-state index contributed by atoms with van der Waals surface area (Å²) < 4.78 is 38.8. The summed E-state index contributed by atoms with van der Waals surface area (Å²) in [6, 6.07) is 16.0. The molecule has 0 atom stereocenters. The van der Waals surface area contributed by atoms with Crippen molar-refractivity contribution < 1.29 is 22.7 Å². The van der Waals surface area contributed by atoms with Crippen molar-refractivity contribution in [2.24, 2.45) is 0 Å². The molecule has 0 saturated carbocycles. The van der Waals surface area contributed by atoms with Crippen LogP contribution in [0.4, 0.5) is 5.69 Å². The SMILES string of the molecule is CCCOc1ncccc1CNC(=O)c1ccc(S(=O)(=O)Nc2ccc(OCC)cc2)cc1. The molecule has 0 aliphatic rings. The second-order valence-corrected chi connectivity index (χ2v) is 8.77. The van der Waals surface area contributed by atoms with Crippen LogP contribution in [0.2, 0.25) is 0 Å². The highest BCUT2D eigenvalue weighted by Gasteiger charge is 2.16. The van der Waals surface area contributed by atoms with Crippen LogP contribution in [0.25, 0.3) is 0 Å². The number of hydrogen-bond donors (Lipinski definition) is 2. The molecule has 1 amide bonds. The molecule has 1 heterocycles. The van der Waals surface area contributed by atoms with Crippen molar-refractivity contribution in [3.63, 3.8) is 0 Å². The van der Waals surface area contributed by atoms with Crippen LogP contribution in [-0.2, 0) is 16.6 Å². The third-order valence-corrected chi connectivity index (χ3v) is 5.97. The minimum absolute atomic E-state index is 0.0513. The van der Waals surface area contributed by atoms with Crippen LogP contribution < -0.4 is 19.5 Å². The smallest absolute Gasteiger partial charge is 0.261 e. The fourth-order valence-electron chi connectivity index (χ4n) is 2.95. The number of carbonyl (C=O) groups is 1. The van der Waals surface area contributed by atoms with E-state index in [0.717, 1.165) is 12.0 Å². The van der Waals surface area contributed by atoms with E-state index < -0.39 is 10.0 Å². The standard InChI is InChI=1S/C24H27N3O5S/c1-3-16-32-24-19(6-5-15-25-24)17-26-23(28)18-7-13-22(14-8-18)33(29,30)27-20-9-11-21(12-10-20)31-4-2/h5-15,27H,3-4,16-17H2,1-2H3,(H,26,28). The summed E-state index contributed by atoms with van der Waals surface area (Å²) >= 11 is 0. The molecular formula is C24H27N3O5S. The summed E-state index contributed by atoms with van der Waals surface area (Å²) in [5, 5.41) is 2.81. The van der Waals surface area contributed by atoms with E-state index >= 15 is 0 Å². The van der Waals surface area contributed by atoms with Gasteiger partial charge in [-0.1, -0.05) is 13.0 Å². The predicted octanol–water partition coefficient (Wildman–Crippen LogP) is 4.00. The van der Waals surface area contributed by atoms with Crippen molar-refractivity contribution in [3.05, 3.63) is 78.0 Å². The summed E-state index contributed by atoms with van der Waals surface area (Å²) in [6.45, 7) is 5.19. The van der Waals surface area contributed by atoms with E-state index in [1.807, 2.05) is 19.9 Å². The third-order valence-electron chi connectivity index (χ3n) is 4.58. The van der Waals surface area contributed by atoms with Crippen LogP contribution in [0.3, 0.4) is 0 Å². The van der Waals surface area contributed by atoms with Gasteiger partial charge in [0.2, 0.25) is 5.88 Å². The highest BCUT2D eigenvalue weighted by molar-refractivity contribution is 7.92. The number of carbonyl (C=O) groups excluding carboxylic acids is 1. The number of anilines is 1. The van der Waals surface area contributed by atoms with Gasteiger partial charge in [-0.2, -0.15) is 0 Å². The van der Waals surface area contributed by atoms with Crippen LogP contribution in [0.1, 0.15) is 36.2 Å². The molecular weight excluding hydrogens is 442 g/mol. The van der Waals surface area contributed by atoms with Crippen molar-refractivity contribution in [1.82, 2.24) is 10.3 Å². The summed E-state index contributed by atoms with van der Waals surface area (Å²) in [5.41, 5.74) is 1.52. The molecule has 0 aliphatic carbocycles. The van der Waals surface area contributed by atoms with E-state index in [1.165, 1.54) is 24.3 Å². The van der Waals surface area contributed by atoms with Gasteiger partial charge in [0.25, 0.3) is 15.9 Å². The summed E-state index contributed by atoms with van der Waals surface area (Å²) in [5.74, 6) is 0.816. The molecule has 3 rings (SSSR count). The van der Waals surface area contributed by atoms with Crippen LogP contribution in [0, 0.1) is 0 Å². The molecule has 2 aromatic carbocycles. The van der Waals surface area contributed by atoms with Crippen molar-refractivity contribution >= 4 is 21.6 Å². The highest BCUT2D eigenvalue weighted by Crippen LogP contribution is 2.20. The first kappa shape index (κ1) is 24.1. The van der Waals surface area contributed by atoms with Gasteiger partial charge in [0, 0.05) is 29.6 Å². The summed E-state index contributed by atoms with van der Waals surface area (Å²) in [4.78, 5) is 16.8. The van der Waals surface area contributed by atoms with E-state index in [9.17, 15) is 13.2 Å². The monoisotopic (exact) mass is 469 g/mol. The minimum atomic E-state index is -3.80. The molecule has 0 fully saturated rings.